The molecule has 0 bridgehead atoms. The summed E-state index contributed by atoms with van der Waals surface area (Å²) in [4.78, 5) is 0. The van der Waals surface area contributed by atoms with E-state index < -0.39 is 0 Å². The van der Waals surface area contributed by atoms with Gasteiger partial charge in [-0.2, -0.15) is 0 Å². The fraction of sp³-hybridized carbons (Fsp3) is 0.833. The molecule has 0 aromatic heterocycles. The Kier molecular flexibility index (Phi) is 6.15. The average molecular weight is 540 g/mol. The molecular formula is C12H16S2Se4. The second-order valence-corrected chi connectivity index (χ2v) is 16.1. The van der Waals surface area contributed by atoms with Crippen LogP contribution in [0.3, 0.4) is 0 Å². The van der Waals surface area contributed by atoms with Crippen molar-refractivity contribution < 1.29 is 0 Å². The van der Waals surface area contributed by atoms with E-state index in [1.54, 1.807) is 8.83 Å². The van der Waals surface area contributed by atoms with Gasteiger partial charge in [0.05, 0.1) is 0 Å². The van der Waals surface area contributed by atoms with Crippen molar-refractivity contribution in [2.24, 2.45) is 5.92 Å². The van der Waals surface area contributed by atoms with Crippen LogP contribution in [0.25, 0.3) is 0 Å². The van der Waals surface area contributed by atoms with Gasteiger partial charge in [-0.3, -0.25) is 0 Å². The van der Waals surface area contributed by atoms with Crippen molar-refractivity contribution in [2.45, 2.75) is 37.7 Å². The summed E-state index contributed by atoms with van der Waals surface area (Å²) in [6, 6.07) is 0. The fourth-order valence-electron chi connectivity index (χ4n) is 1.96. The molecule has 0 nitrogen and oxygen atoms in total. The molecule has 0 aromatic carbocycles. The predicted octanol–water partition coefficient (Wildman–Crippen LogP) is 1.30. The van der Waals surface area contributed by atoms with E-state index in [1.807, 2.05) is 0 Å². The zero-order valence-electron chi connectivity index (χ0n) is 10.0. The standard InChI is InChI=1S/C12H16S2Se4/c15-10(1-8-3-13-8)7-5-17-12(18-6-7)11(16)2-9-4-14-9/h7-9,12H,1-6H2. The van der Waals surface area contributed by atoms with Gasteiger partial charge in [-0.15, -0.1) is 0 Å². The Morgan fingerprint density at radius 1 is 0.944 bits per heavy atom. The van der Waals surface area contributed by atoms with Crippen molar-refractivity contribution in [1.82, 2.24) is 0 Å². The van der Waals surface area contributed by atoms with Gasteiger partial charge in [0.2, 0.25) is 0 Å². The van der Waals surface area contributed by atoms with E-state index in [0.717, 1.165) is 50.0 Å². The zero-order chi connectivity index (χ0) is 12.5. The topological polar surface area (TPSA) is 0 Å². The van der Waals surface area contributed by atoms with Crippen molar-refractivity contribution in [3.05, 3.63) is 0 Å². The second-order valence-electron chi connectivity index (χ2n) is 4.95. The zero-order valence-corrected chi connectivity index (χ0v) is 18.5. The third-order valence-electron chi connectivity index (χ3n) is 3.28. The molecule has 0 amide bonds. The molecule has 2 atom stereocenters. The Hall–Kier alpha value is 2.52. The number of hydrogen-bond donors (Lipinski definition) is 0. The van der Waals surface area contributed by atoms with Crippen LogP contribution in [0, 0.1) is 5.92 Å². The van der Waals surface area contributed by atoms with Gasteiger partial charge in [-0.25, -0.2) is 0 Å². The van der Waals surface area contributed by atoms with Crippen LogP contribution in [0.15, 0.2) is 0 Å². The van der Waals surface area contributed by atoms with Gasteiger partial charge in [-0.05, 0) is 0 Å². The molecule has 100 valence electrons. The summed E-state index contributed by atoms with van der Waals surface area (Å²) in [7, 11) is 0. The second kappa shape index (κ2) is 7.19. The van der Waals surface area contributed by atoms with E-state index in [4.69, 9.17) is 0 Å². The van der Waals surface area contributed by atoms with Crippen LogP contribution in [0.2, 0.25) is 14.4 Å². The first kappa shape index (κ1) is 15.4. The first-order valence-electron chi connectivity index (χ1n) is 6.24. The molecule has 3 saturated heterocycles. The maximum atomic E-state index is 3.42. The molecule has 0 spiro atoms. The van der Waals surface area contributed by atoms with Crippen LogP contribution >= 0.6 is 23.5 Å². The number of hydrogen-bond acceptors (Lipinski definition) is 2. The van der Waals surface area contributed by atoms with Gasteiger partial charge < -0.3 is 0 Å². The molecule has 3 aliphatic rings. The SMILES string of the molecule is [Se]=C(CC1CS1)C1C[Se]C(C(=[Se])CC2CS2)[Se]C1. The Balaban J connectivity index is 1.41. The Labute approximate surface area is 147 Å². The molecule has 3 rings (SSSR count). The summed E-state index contributed by atoms with van der Waals surface area (Å²) < 4.78 is 4.47. The third-order valence-corrected chi connectivity index (χ3v) is 16.6. The van der Waals surface area contributed by atoms with E-state index in [1.165, 1.54) is 35.0 Å². The molecule has 0 N–H and O–H groups in total. The summed E-state index contributed by atoms with van der Waals surface area (Å²) in [5, 5.41) is 4.97. The van der Waals surface area contributed by atoms with Crippen molar-refractivity contribution in [2.75, 3.05) is 11.5 Å². The van der Waals surface area contributed by atoms with Crippen LogP contribution in [-0.4, -0.2) is 91.9 Å². The Morgan fingerprint density at radius 2 is 1.44 bits per heavy atom. The van der Waals surface area contributed by atoms with Gasteiger partial charge in [0.1, 0.15) is 0 Å². The molecule has 6 heteroatoms. The van der Waals surface area contributed by atoms with E-state index in [0.29, 0.717) is 0 Å². The minimum absolute atomic E-state index is 0.870. The average Bonchev–Trinajstić information content (AvgIpc) is 3.25. The van der Waals surface area contributed by atoms with Gasteiger partial charge in [0.15, 0.2) is 0 Å². The monoisotopic (exact) mass is 544 g/mol. The number of rotatable bonds is 6. The van der Waals surface area contributed by atoms with Crippen LogP contribution in [0.4, 0.5) is 0 Å². The third kappa shape index (κ3) is 4.77. The van der Waals surface area contributed by atoms with Crippen molar-refractivity contribution in [3.63, 3.8) is 0 Å². The van der Waals surface area contributed by atoms with Crippen molar-refractivity contribution >= 4 is 93.4 Å². The molecular weight excluding hydrogens is 524 g/mol. The fourth-order valence-corrected chi connectivity index (χ4v) is 15.2. The molecule has 3 aliphatic heterocycles. The summed E-state index contributed by atoms with van der Waals surface area (Å²) in [6.45, 7) is 0. The van der Waals surface area contributed by atoms with Gasteiger partial charge >= 0.3 is 149 Å². The van der Waals surface area contributed by atoms with Crippen LogP contribution in [0.5, 0.6) is 0 Å². The first-order valence-corrected chi connectivity index (χ1v) is 14.5. The molecule has 0 radical (unpaired) electrons. The summed E-state index contributed by atoms with van der Waals surface area (Å²) in [5.74, 6) is 3.78. The van der Waals surface area contributed by atoms with E-state index in [9.17, 15) is 0 Å². The molecule has 18 heavy (non-hydrogen) atoms. The van der Waals surface area contributed by atoms with Crippen LogP contribution in [0.1, 0.15) is 12.8 Å². The van der Waals surface area contributed by atoms with Crippen molar-refractivity contribution in [3.8, 4) is 0 Å². The molecule has 2 unspecified atom stereocenters. The van der Waals surface area contributed by atoms with Gasteiger partial charge in [0.25, 0.3) is 0 Å². The predicted molar refractivity (Wildman–Crippen MR) is 91.6 cm³/mol. The normalized spacial score (nSPS) is 38.2. The van der Waals surface area contributed by atoms with Crippen LogP contribution in [-0.2, 0) is 0 Å². The molecule has 0 saturated carbocycles. The maximum absolute atomic E-state index is 3.42. The summed E-state index contributed by atoms with van der Waals surface area (Å²) in [6.07, 6.45) is 2.76. The van der Waals surface area contributed by atoms with Gasteiger partial charge in [-0.1, -0.05) is 0 Å². The molecule has 0 aromatic rings. The Morgan fingerprint density at radius 3 is 1.94 bits per heavy atom. The first-order chi connectivity index (χ1) is 8.72. The quantitative estimate of drug-likeness (QED) is 0.369. The summed E-state index contributed by atoms with van der Waals surface area (Å²) >= 11 is 12.8. The summed E-state index contributed by atoms with van der Waals surface area (Å²) in [5.41, 5.74) is 0. The molecule has 3 heterocycles. The Bertz CT molecular complexity index is 310. The van der Waals surface area contributed by atoms with Gasteiger partial charge in [0, 0.05) is 0 Å². The van der Waals surface area contributed by atoms with Crippen molar-refractivity contribution in [1.29, 1.82) is 0 Å². The molecule has 3 fully saturated rings. The van der Waals surface area contributed by atoms with E-state index >= 15 is 0 Å². The molecule has 0 aliphatic carbocycles. The number of thioether (sulfide) groups is 2. The van der Waals surface area contributed by atoms with E-state index in [-0.39, 0.29) is 0 Å². The van der Waals surface area contributed by atoms with Crippen LogP contribution < -0.4 is 0 Å². The minimum atomic E-state index is 0.870. The van der Waals surface area contributed by atoms with E-state index in [2.05, 4.69) is 54.7 Å².